The molecule has 2 N–H and O–H groups in total. The Balaban J connectivity index is 2.01. The summed E-state index contributed by atoms with van der Waals surface area (Å²) in [6.45, 7) is 5.03. The number of piperidine rings is 1. The molecule has 0 radical (unpaired) electrons. The average Bonchev–Trinajstić information content (AvgIpc) is 2.39. The van der Waals surface area contributed by atoms with E-state index in [9.17, 15) is 8.42 Å². The standard InChI is InChI=1S/C12H23N3O2S/c1-11-3-2-6-15(10-11)18(16,17)14-7-4-12(9-13)5-8-14/h3,12H,2,4-10,13H2,1H3. The number of nitrogens with zero attached hydrogens (tertiary/aromatic N) is 2. The van der Waals surface area contributed by atoms with Gasteiger partial charge in [0.2, 0.25) is 0 Å². The van der Waals surface area contributed by atoms with E-state index < -0.39 is 10.2 Å². The largest absolute Gasteiger partial charge is 0.330 e. The molecule has 2 aliphatic heterocycles. The van der Waals surface area contributed by atoms with Gasteiger partial charge in [0.1, 0.15) is 0 Å². The molecule has 6 heteroatoms. The predicted octanol–water partition coefficient (Wildman–Crippen LogP) is 0.554. The molecule has 104 valence electrons. The lowest BCUT2D eigenvalue weighted by Crippen LogP contribution is -2.49. The summed E-state index contributed by atoms with van der Waals surface area (Å²) in [7, 11) is -3.26. The van der Waals surface area contributed by atoms with Crippen molar-refractivity contribution in [3.63, 3.8) is 0 Å². The van der Waals surface area contributed by atoms with Crippen LogP contribution < -0.4 is 5.73 Å². The van der Waals surface area contributed by atoms with Crippen LogP contribution >= 0.6 is 0 Å². The number of hydrogen-bond acceptors (Lipinski definition) is 3. The van der Waals surface area contributed by atoms with Crippen LogP contribution in [0.5, 0.6) is 0 Å². The van der Waals surface area contributed by atoms with E-state index in [2.05, 4.69) is 6.08 Å². The first kappa shape index (κ1) is 14.0. The van der Waals surface area contributed by atoms with Crippen molar-refractivity contribution in [3.05, 3.63) is 11.6 Å². The molecule has 0 unspecified atom stereocenters. The third-order valence-electron chi connectivity index (χ3n) is 3.86. The average molecular weight is 273 g/mol. The van der Waals surface area contributed by atoms with Crippen LogP contribution in [0, 0.1) is 5.92 Å². The van der Waals surface area contributed by atoms with Crippen LogP contribution in [0.4, 0.5) is 0 Å². The molecular weight excluding hydrogens is 250 g/mol. The van der Waals surface area contributed by atoms with E-state index in [4.69, 9.17) is 5.73 Å². The summed E-state index contributed by atoms with van der Waals surface area (Å²) >= 11 is 0. The summed E-state index contributed by atoms with van der Waals surface area (Å²) in [5.74, 6) is 0.486. The third kappa shape index (κ3) is 2.93. The maximum atomic E-state index is 12.5. The van der Waals surface area contributed by atoms with Crippen LogP contribution in [0.15, 0.2) is 11.6 Å². The minimum atomic E-state index is -3.26. The van der Waals surface area contributed by atoms with Crippen molar-refractivity contribution in [2.75, 3.05) is 32.7 Å². The van der Waals surface area contributed by atoms with E-state index in [1.807, 2.05) is 6.92 Å². The van der Waals surface area contributed by atoms with Gasteiger partial charge in [-0.3, -0.25) is 0 Å². The van der Waals surface area contributed by atoms with E-state index >= 15 is 0 Å². The van der Waals surface area contributed by atoms with E-state index in [1.165, 1.54) is 0 Å². The van der Waals surface area contributed by atoms with Crippen molar-refractivity contribution in [1.82, 2.24) is 8.61 Å². The van der Waals surface area contributed by atoms with Crippen LogP contribution in [0.2, 0.25) is 0 Å². The molecule has 2 heterocycles. The Morgan fingerprint density at radius 1 is 1.28 bits per heavy atom. The molecule has 0 saturated carbocycles. The zero-order chi connectivity index (χ0) is 13.2. The first-order valence-electron chi connectivity index (χ1n) is 6.65. The molecule has 1 saturated heterocycles. The van der Waals surface area contributed by atoms with Crippen LogP contribution in [0.3, 0.4) is 0 Å². The van der Waals surface area contributed by atoms with Crippen LogP contribution in [0.1, 0.15) is 26.2 Å². The molecule has 2 rings (SSSR count). The smallest absolute Gasteiger partial charge is 0.282 e. The van der Waals surface area contributed by atoms with Crippen molar-refractivity contribution in [2.45, 2.75) is 26.2 Å². The highest BCUT2D eigenvalue weighted by atomic mass is 32.2. The van der Waals surface area contributed by atoms with Crippen molar-refractivity contribution >= 4 is 10.2 Å². The van der Waals surface area contributed by atoms with Crippen LogP contribution in [-0.4, -0.2) is 49.8 Å². The minimum Gasteiger partial charge on any atom is -0.330 e. The van der Waals surface area contributed by atoms with E-state index in [0.717, 1.165) is 24.8 Å². The molecule has 1 fully saturated rings. The molecular formula is C12H23N3O2S. The maximum Gasteiger partial charge on any atom is 0.282 e. The fourth-order valence-corrected chi connectivity index (χ4v) is 4.31. The summed E-state index contributed by atoms with van der Waals surface area (Å²) in [5.41, 5.74) is 6.77. The Hall–Kier alpha value is -0.430. The van der Waals surface area contributed by atoms with Gasteiger partial charge in [0.15, 0.2) is 0 Å². The number of nitrogens with two attached hydrogens (primary N) is 1. The Morgan fingerprint density at radius 3 is 2.50 bits per heavy atom. The second kappa shape index (κ2) is 5.69. The Bertz CT molecular complexity index is 411. The molecule has 0 aromatic heterocycles. The highest BCUT2D eigenvalue weighted by Gasteiger charge is 2.33. The van der Waals surface area contributed by atoms with Crippen molar-refractivity contribution < 1.29 is 8.42 Å². The van der Waals surface area contributed by atoms with E-state index in [0.29, 0.717) is 38.6 Å². The quantitative estimate of drug-likeness (QED) is 0.764. The molecule has 2 aliphatic rings. The van der Waals surface area contributed by atoms with Gasteiger partial charge in [0.05, 0.1) is 0 Å². The molecule has 0 spiro atoms. The molecule has 0 amide bonds. The van der Waals surface area contributed by atoms with E-state index in [1.54, 1.807) is 8.61 Å². The zero-order valence-corrected chi connectivity index (χ0v) is 11.8. The Kier molecular flexibility index (Phi) is 4.42. The predicted molar refractivity (Wildman–Crippen MR) is 72.2 cm³/mol. The van der Waals surface area contributed by atoms with Gasteiger partial charge in [-0.05, 0) is 38.6 Å². The number of rotatable bonds is 3. The molecule has 0 aliphatic carbocycles. The normalized spacial score (nSPS) is 25.1. The first-order valence-corrected chi connectivity index (χ1v) is 8.04. The molecule has 0 atom stereocenters. The van der Waals surface area contributed by atoms with Crippen molar-refractivity contribution in [1.29, 1.82) is 0 Å². The molecule has 0 bridgehead atoms. The summed E-state index contributed by atoms with van der Waals surface area (Å²) in [5, 5.41) is 0. The summed E-state index contributed by atoms with van der Waals surface area (Å²) in [4.78, 5) is 0. The molecule has 5 nitrogen and oxygen atoms in total. The fourth-order valence-electron chi connectivity index (χ4n) is 2.61. The van der Waals surface area contributed by atoms with Crippen LogP contribution in [-0.2, 0) is 10.2 Å². The Morgan fingerprint density at radius 2 is 1.94 bits per heavy atom. The summed E-state index contributed by atoms with van der Waals surface area (Å²) < 4.78 is 28.2. The second-order valence-corrected chi connectivity index (χ2v) is 7.19. The van der Waals surface area contributed by atoms with Gasteiger partial charge in [0, 0.05) is 26.2 Å². The highest BCUT2D eigenvalue weighted by Crippen LogP contribution is 2.22. The first-order chi connectivity index (χ1) is 8.54. The monoisotopic (exact) mass is 273 g/mol. The van der Waals surface area contributed by atoms with Crippen molar-refractivity contribution in [2.24, 2.45) is 11.7 Å². The van der Waals surface area contributed by atoms with E-state index in [-0.39, 0.29) is 0 Å². The summed E-state index contributed by atoms with van der Waals surface area (Å²) in [6.07, 6.45) is 4.72. The van der Waals surface area contributed by atoms with Crippen molar-refractivity contribution in [3.8, 4) is 0 Å². The molecule has 0 aromatic carbocycles. The SMILES string of the molecule is CC1=CCCN(S(=O)(=O)N2CCC(CN)CC2)C1. The van der Waals surface area contributed by atoms with Gasteiger partial charge in [-0.2, -0.15) is 17.0 Å². The van der Waals surface area contributed by atoms with Gasteiger partial charge in [-0.15, -0.1) is 0 Å². The maximum absolute atomic E-state index is 12.5. The minimum absolute atomic E-state index is 0.486. The summed E-state index contributed by atoms with van der Waals surface area (Å²) in [6, 6.07) is 0. The molecule has 0 aromatic rings. The van der Waals surface area contributed by atoms with Crippen LogP contribution in [0.25, 0.3) is 0 Å². The zero-order valence-electron chi connectivity index (χ0n) is 11.0. The lowest BCUT2D eigenvalue weighted by molar-refractivity contribution is 0.258. The number of hydrogen-bond donors (Lipinski definition) is 1. The van der Waals surface area contributed by atoms with Gasteiger partial charge in [0.25, 0.3) is 10.2 Å². The topological polar surface area (TPSA) is 66.6 Å². The third-order valence-corrected chi connectivity index (χ3v) is 5.84. The second-order valence-electron chi connectivity index (χ2n) is 5.26. The van der Waals surface area contributed by atoms with Gasteiger partial charge < -0.3 is 5.73 Å². The Labute approximate surface area is 110 Å². The van der Waals surface area contributed by atoms with Gasteiger partial charge in [-0.1, -0.05) is 11.6 Å². The van der Waals surface area contributed by atoms with Gasteiger partial charge >= 0.3 is 0 Å². The fraction of sp³-hybridized carbons (Fsp3) is 0.833. The highest BCUT2D eigenvalue weighted by molar-refractivity contribution is 7.86. The lowest BCUT2D eigenvalue weighted by Gasteiger charge is -2.35. The lowest BCUT2D eigenvalue weighted by atomic mass is 9.99. The van der Waals surface area contributed by atoms with Gasteiger partial charge in [-0.25, -0.2) is 0 Å². The molecule has 18 heavy (non-hydrogen) atoms.